The zero-order valence-electron chi connectivity index (χ0n) is 11.3. The number of hydrogen-bond donors (Lipinski definition) is 0. The summed E-state index contributed by atoms with van der Waals surface area (Å²) in [7, 11) is -3.72. The Hall–Kier alpha value is -0.980. The highest BCUT2D eigenvalue weighted by Crippen LogP contribution is 2.26. The second-order valence-electron chi connectivity index (χ2n) is 5.48. The van der Waals surface area contributed by atoms with E-state index in [1.807, 2.05) is 0 Å². The third kappa shape index (κ3) is 2.47. The molecule has 2 heterocycles. The quantitative estimate of drug-likeness (QED) is 0.834. The average molecular weight is 298 g/mol. The lowest BCUT2D eigenvalue weighted by Gasteiger charge is -2.44. The minimum Gasteiger partial charge on any atom is -0.299 e. The Morgan fingerprint density at radius 1 is 1.10 bits per heavy atom. The van der Waals surface area contributed by atoms with Crippen molar-refractivity contribution in [1.29, 1.82) is 0 Å². The molecule has 0 amide bonds. The first-order chi connectivity index (χ1) is 9.59. The molecule has 1 atom stereocenters. The summed E-state index contributed by atoms with van der Waals surface area (Å²) >= 11 is 0. The van der Waals surface area contributed by atoms with Crippen molar-refractivity contribution in [2.24, 2.45) is 0 Å². The number of rotatable bonds is 2. The fraction of sp³-hybridized carbons (Fsp3) is 0.571. The van der Waals surface area contributed by atoms with Gasteiger partial charge in [-0.25, -0.2) is 12.8 Å². The predicted octanol–water partition coefficient (Wildman–Crippen LogP) is 1.68. The van der Waals surface area contributed by atoms with Crippen LogP contribution in [0.3, 0.4) is 0 Å². The summed E-state index contributed by atoms with van der Waals surface area (Å²) in [6.45, 7) is 3.08. The van der Waals surface area contributed by atoms with Gasteiger partial charge in [-0.3, -0.25) is 4.90 Å². The lowest BCUT2D eigenvalue weighted by atomic mass is 10.0. The second-order valence-corrected chi connectivity index (χ2v) is 7.39. The van der Waals surface area contributed by atoms with Gasteiger partial charge in [0.1, 0.15) is 10.7 Å². The van der Waals surface area contributed by atoms with Crippen LogP contribution in [0, 0.1) is 5.82 Å². The largest absolute Gasteiger partial charge is 0.299 e. The molecule has 0 unspecified atom stereocenters. The van der Waals surface area contributed by atoms with Crippen LogP contribution in [0.25, 0.3) is 0 Å². The van der Waals surface area contributed by atoms with E-state index in [1.165, 1.54) is 22.5 Å². The molecule has 2 fully saturated rings. The normalized spacial score (nSPS) is 25.4. The van der Waals surface area contributed by atoms with Crippen LogP contribution >= 0.6 is 0 Å². The third-order valence-corrected chi connectivity index (χ3v) is 6.14. The van der Waals surface area contributed by atoms with Crippen LogP contribution in [0.4, 0.5) is 4.39 Å². The van der Waals surface area contributed by atoms with E-state index in [4.69, 9.17) is 0 Å². The smallest absolute Gasteiger partial charge is 0.246 e. The molecule has 2 aliphatic rings. The van der Waals surface area contributed by atoms with E-state index in [0.717, 1.165) is 32.4 Å². The standard InChI is InChI=1S/C14H19FN2O2S/c15-13-5-1-2-6-14(13)20(18,19)17-9-4-3-8-16-10-7-12(16)11-17/h1-2,5-6,12H,3-4,7-11H2/t12-/m1/s1. The number of sulfonamides is 1. The van der Waals surface area contributed by atoms with Gasteiger partial charge in [-0.05, 0) is 37.9 Å². The summed E-state index contributed by atoms with van der Waals surface area (Å²) < 4.78 is 40.5. The molecule has 0 N–H and O–H groups in total. The molecule has 1 aromatic rings. The molecule has 0 spiro atoms. The van der Waals surface area contributed by atoms with Crippen molar-refractivity contribution >= 4 is 10.0 Å². The Bertz CT molecular complexity index is 591. The fourth-order valence-electron chi connectivity index (χ4n) is 2.94. The van der Waals surface area contributed by atoms with Crippen LogP contribution in [0.5, 0.6) is 0 Å². The van der Waals surface area contributed by atoms with Gasteiger partial charge in [-0.2, -0.15) is 4.31 Å². The number of benzene rings is 1. The minimum atomic E-state index is -3.72. The van der Waals surface area contributed by atoms with Gasteiger partial charge in [-0.15, -0.1) is 0 Å². The van der Waals surface area contributed by atoms with Gasteiger partial charge in [0.15, 0.2) is 0 Å². The molecule has 0 bridgehead atoms. The van der Waals surface area contributed by atoms with Gasteiger partial charge < -0.3 is 0 Å². The first-order valence-electron chi connectivity index (χ1n) is 7.08. The molecule has 0 aliphatic carbocycles. The zero-order valence-corrected chi connectivity index (χ0v) is 12.2. The van der Waals surface area contributed by atoms with E-state index in [1.54, 1.807) is 6.07 Å². The Labute approximate surface area is 119 Å². The van der Waals surface area contributed by atoms with Crippen molar-refractivity contribution in [3.05, 3.63) is 30.1 Å². The lowest BCUT2D eigenvalue weighted by Crippen LogP contribution is -2.56. The van der Waals surface area contributed by atoms with Crippen LogP contribution in [0.2, 0.25) is 0 Å². The van der Waals surface area contributed by atoms with E-state index in [0.29, 0.717) is 19.1 Å². The summed E-state index contributed by atoms with van der Waals surface area (Å²) in [6, 6.07) is 5.93. The molecular formula is C14H19FN2O2S. The number of halogens is 1. The first kappa shape index (κ1) is 14.0. The Morgan fingerprint density at radius 3 is 2.55 bits per heavy atom. The monoisotopic (exact) mass is 298 g/mol. The Kier molecular flexibility index (Phi) is 3.79. The van der Waals surface area contributed by atoms with E-state index in [9.17, 15) is 12.8 Å². The molecule has 3 rings (SSSR count). The molecule has 6 heteroatoms. The maximum absolute atomic E-state index is 13.8. The maximum Gasteiger partial charge on any atom is 0.246 e. The van der Waals surface area contributed by atoms with Crippen LogP contribution in [0.15, 0.2) is 29.2 Å². The highest BCUT2D eigenvalue weighted by Gasteiger charge is 2.35. The van der Waals surface area contributed by atoms with Gasteiger partial charge in [0.05, 0.1) is 0 Å². The van der Waals surface area contributed by atoms with Gasteiger partial charge in [0, 0.05) is 25.7 Å². The molecule has 0 radical (unpaired) electrons. The molecular weight excluding hydrogens is 279 g/mol. The molecule has 110 valence electrons. The summed E-state index contributed by atoms with van der Waals surface area (Å²) in [5, 5.41) is 0. The van der Waals surface area contributed by atoms with Gasteiger partial charge >= 0.3 is 0 Å². The zero-order chi connectivity index (χ0) is 14.2. The van der Waals surface area contributed by atoms with Crippen LogP contribution in [-0.4, -0.2) is 49.8 Å². The topological polar surface area (TPSA) is 40.6 Å². The highest BCUT2D eigenvalue weighted by atomic mass is 32.2. The van der Waals surface area contributed by atoms with Crippen molar-refractivity contribution in [1.82, 2.24) is 9.21 Å². The minimum absolute atomic E-state index is 0.202. The fourth-order valence-corrected chi connectivity index (χ4v) is 4.52. The predicted molar refractivity (Wildman–Crippen MR) is 74.4 cm³/mol. The summed E-state index contributed by atoms with van der Waals surface area (Å²) in [4.78, 5) is 2.12. The van der Waals surface area contributed by atoms with E-state index in [-0.39, 0.29) is 4.90 Å². The molecule has 20 heavy (non-hydrogen) atoms. The Balaban J connectivity index is 1.87. The average Bonchev–Trinajstić information content (AvgIpc) is 2.38. The van der Waals surface area contributed by atoms with Crippen LogP contribution in [0.1, 0.15) is 19.3 Å². The number of fused-ring (bicyclic) bond motifs is 1. The SMILES string of the molecule is O=S(=O)(c1ccccc1F)N1CCCCN2CC[C@@H]2C1. The molecule has 0 aromatic heterocycles. The second kappa shape index (κ2) is 5.42. The Morgan fingerprint density at radius 2 is 1.85 bits per heavy atom. The molecule has 1 aromatic carbocycles. The van der Waals surface area contributed by atoms with Crippen molar-refractivity contribution in [2.45, 2.75) is 30.2 Å². The van der Waals surface area contributed by atoms with Crippen molar-refractivity contribution < 1.29 is 12.8 Å². The number of hydrogen-bond acceptors (Lipinski definition) is 3. The molecule has 0 saturated carbocycles. The van der Waals surface area contributed by atoms with Gasteiger partial charge in [0.25, 0.3) is 0 Å². The summed E-state index contributed by atoms with van der Waals surface area (Å²) in [5.74, 6) is -0.667. The van der Waals surface area contributed by atoms with Crippen LogP contribution < -0.4 is 0 Å². The number of nitrogens with zero attached hydrogens (tertiary/aromatic N) is 2. The maximum atomic E-state index is 13.8. The van der Waals surface area contributed by atoms with Crippen molar-refractivity contribution in [2.75, 3.05) is 26.2 Å². The first-order valence-corrected chi connectivity index (χ1v) is 8.52. The summed E-state index contributed by atoms with van der Waals surface area (Å²) in [6.07, 6.45) is 2.86. The highest BCUT2D eigenvalue weighted by molar-refractivity contribution is 7.89. The van der Waals surface area contributed by atoms with Crippen LogP contribution in [-0.2, 0) is 10.0 Å². The van der Waals surface area contributed by atoms with E-state index < -0.39 is 15.8 Å². The molecule has 4 nitrogen and oxygen atoms in total. The summed E-state index contributed by atoms with van der Waals surface area (Å²) in [5.41, 5.74) is 0. The van der Waals surface area contributed by atoms with Gasteiger partial charge in [0.2, 0.25) is 10.0 Å². The molecule has 2 saturated heterocycles. The molecule has 2 aliphatic heterocycles. The van der Waals surface area contributed by atoms with Crippen molar-refractivity contribution in [3.8, 4) is 0 Å². The van der Waals surface area contributed by atoms with E-state index >= 15 is 0 Å². The van der Waals surface area contributed by atoms with Gasteiger partial charge in [-0.1, -0.05) is 12.1 Å². The lowest BCUT2D eigenvalue weighted by molar-refractivity contribution is 0.0618. The van der Waals surface area contributed by atoms with Crippen molar-refractivity contribution in [3.63, 3.8) is 0 Å². The van der Waals surface area contributed by atoms with E-state index in [2.05, 4.69) is 4.90 Å². The third-order valence-electron chi connectivity index (χ3n) is 4.24.